The van der Waals surface area contributed by atoms with Gasteiger partial charge in [0.2, 0.25) is 5.91 Å². The second-order valence-electron chi connectivity index (χ2n) is 6.52. The minimum atomic E-state index is -0.210. The Morgan fingerprint density at radius 2 is 1.78 bits per heavy atom. The Hall–Kier alpha value is -1.62. The Labute approximate surface area is 137 Å². The number of nitrogens with one attached hydrogen (secondary N) is 1. The van der Waals surface area contributed by atoms with Crippen molar-refractivity contribution in [3.63, 3.8) is 0 Å². The van der Waals surface area contributed by atoms with E-state index in [2.05, 4.69) is 10.2 Å². The van der Waals surface area contributed by atoms with E-state index in [-0.39, 0.29) is 30.5 Å². The largest absolute Gasteiger partial charge is 0.371 e. The van der Waals surface area contributed by atoms with E-state index in [4.69, 9.17) is 4.74 Å². The van der Waals surface area contributed by atoms with Crippen molar-refractivity contribution in [2.45, 2.75) is 50.7 Å². The molecule has 23 heavy (non-hydrogen) atoms. The summed E-state index contributed by atoms with van der Waals surface area (Å²) in [4.78, 5) is 14.2. The molecule has 0 bridgehead atoms. The number of hydrogen-bond acceptors (Lipinski definition) is 3. The Morgan fingerprint density at radius 1 is 1.13 bits per heavy atom. The third-order valence-corrected chi connectivity index (χ3v) is 4.80. The van der Waals surface area contributed by atoms with E-state index in [0.717, 1.165) is 44.5 Å². The van der Waals surface area contributed by atoms with Gasteiger partial charge in [0.25, 0.3) is 0 Å². The second kappa shape index (κ2) is 7.77. The molecule has 1 N–H and O–H groups in total. The van der Waals surface area contributed by atoms with Gasteiger partial charge in [-0.25, -0.2) is 4.39 Å². The van der Waals surface area contributed by atoms with Crippen molar-refractivity contribution in [3.05, 3.63) is 30.1 Å². The zero-order valence-electron chi connectivity index (χ0n) is 13.5. The first-order valence-electron chi connectivity index (χ1n) is 8.62. The number of nitrogens with zero attached hydrogens (tertiary/aromatic N) is 1. The van der Waals surface area contributed by atoms with Gasteiger partial charge in [0.15, 0.2) is 0 Å². The molecule has 1 amide bonds. The lowest BCUT2D eigenvalue weighted by molar-refractivity contribution is -0.128. The summed E-state index contributed by atoms with van der Waals surface area (Å²) in [5.41, 5.74) is 1.04. The summed E-state index contributed by atoms with van der Waals surface area (Å²) in [5, 5.41) is 3.07. The van der Waals surface area contributed by atoms with Gasteiger partial charge >= 0.3 is 0 Å². The Balaban J connectivity index is 1.38. The van der Waals surface area contributed by atoms with Crippen molar-refractivity contribution in [1.82, 2.24) is 5.32 Å². The normalized spacial score (nSPS) is 20.0. The number of rotatable bonds is 5. The maximum Gasteiger partial charge on any atom is 0.246 e. The van der Waals surface area contributed by atoms with E-state index in [1.54, 1.807) is 0 Å². The summed E-state index contributed by atoms with van der Waals surface area (Å²) < 4.78 is 18.6. The highest BCUT2D eigenvalue weighted by molar-refractivity contribution is 5.77. The van der Waals surface area contributed by atoms with Gasteiger partial charge in [-0.15, -0.1) is 0 Å². The quantitative estimate of drug-likeness (QED) is 0.907. The van der Waals surface area contributed by atoms with Crippen molar-refractivity contribution in [2.24, 2.45) is 0 Å². The summed E-state index contributed by atoms with van der Waals surface area (Å²) in [6.45, 7) is 1.93. The highest BCUT2D eigenvalue weighted by atomic mass is 19.1. The summed E-state index contributed by atoms with van der Waals surface area (Å²) in [7, 11) is 0. The Bertz CT molecular complexity index is 506. The lowest BCUT2D eigenvalue weighted by Gasteiger charge is -2.34. The standard InChI is InChI=1S/C18H25FN2O2/c19-14-5-7-16(8-6-14)21-11-9-15(10-12-21)20-18(22)13-23-17-3-1-2-4-17/h5-8,15,17H,1-4,9-13H2,(H,20,22). The van der Waals surface area contributed by atoms with Crippen LogP contribution >= 0.6 is 0 Å². The molecule has 1 saturated carbocycles. The fourth-order valence-electron chi connectivity index (χ4n) is 3.45. The first-order chi connectivity index (χ1) is 11.2. The molecule has 2 aliphatic rings. The molecule has 2 fully saturated rings. The van der Waals surface area contributed by atoms with E-state index < -0.39 is 0 Å². The van der Waals surface area contributed by atoms with Crippen LogP contribution in [0.3, 0.4) is 0 Å². The van der Waals surface area contributed by atoms with Crippen molar-refractivity contribution in [1.29, 1.82) is 0 Å². The molecule has 1 saturated heterocycles. The predicted molar refractivity (Wildman–Crippen MR) is 88.0 cm³/mol. The molecule has 1 heterocycles. The SMILES string of the molecule is O=C(COC1CCCC1)NC1CCN(c2ccc(F)cc2)CC1. The number of hydrogen-bond donors (Lipinski definition) is 1. The van der Waals surface area contributed by atoms with Crippen LogP contribution in [-0.2, 0) is 9.53 Å². The van der Waals surface area contributed by atoms with Crippen LogP contribution in [0.5, 0.6) is 0 Å². The van der Waals surface area contributed by atoms with Gasteiger partial charge in [-0.2, -0.15) is 0 Å². The van der Waals surface area contributed by atoms with Crippen molar-refractivity contribution in [2.75, 3.05) is 24.6 Å². The molecule has 1 aromatic rings. The first kappa shape index (κ1) is 16.2. The van der Waals surface area contributed by atoms with Gasteiger partial charge in [-0.1, -0.05) is 12.8 Å². The maximum absolute atomic E-state index is 13.0. The van der Waals surface area contributed by atoms with Gasteiger partial charge in [0, 0.05) is 24.8 Å². The lowest BCUT2D eigenvalue weighted by atomic mass is 10.0. The average molecular weight is 320 g/mol. The molecule has 0 atom stereocenters. The zero-order chi connectivity index (χ0) is 16.1. The highest BCUT2D eigenvalue weighted by Gasteiger charge is 2.22. The highest BCUT2D eigenvalue weighted by Crippen LogP contribution is 2.21. The minimum Gasteiger partial charge on any atom is -0.371 e. The van der Waals surface area contributed by atoms with Gasteiger partial charge in [-0.05, 0) is 49.9 Å². The van der Waals surface area contributed by atoms with Crippen molar-refractivity contribution in [3.8, 4) is 0 Å². The number of benzene rings is 1. The van der Waals surface area contributed by atoms with Gasteiger partial charge in [0.1, 0.15) is 12.4 Å². The van der Waals surface area contributed by atoms with Crippen molar-refractivity contribution < 1.29 is 13.9 Å². The fraction of sp³-hybridized carbons (Fsp3) is 0.611. The molecule has 1 aromatic carbocycles. The number of halogens is 1. The van der Waals surface area contributed by atoms with Crippen LogP contribution in [0.25, 0.3) is 0 Å². The van der Waals surface area contributed by atoms with E-state index >= 15 is 0 Å². The fourth-order valence-corrected chi connectivity index (χ4v) is 3.45. The first-order valence-corrected chi connectivity index (χ1v) is 8.62. The number of piperidine rings is 1. The second-order valence-corrected chi connectivity index (χ2v) is 6.52. The van der Waals surface area contributed by atoms with Gasteiger partial charge in [-0.3, -0.25) is 4.79 Å². The Kier molecular flexibility index (Phi) is 5.49. The van der Waals surface area contributed by atoms with Crippen LogP contribution in [-0.4, -0.2) is 37.7 Å². The molecule has 3 rings (SSSR count). The molecule has 5 heteroatoms. The number of carbonyl (C=O) groups excluding carboxylic acids is 1. The topological polar surface area (TPSA) is 41.6 Å². The van der Waals surface area contributed by atoms with Gasteiger partial charge in [0.05, 0.1) is 6.10 Å². The monoisotopic (exact) mass is 320 g/mol. The molecule has 1 aliphatic carbocycles. The number of amides is 1. The molecule has 0 radical (unpaired) electrons. The van der Waals surface area contributed by atoms with E-state index in [1.165, 1.54) is 25.0 Å². The van der Waals surface area contributed by atoms with Gasteiger partial charge < -0.3 is 15.0 Å². The third kappa shape index (κ3) is 4.67. The molecule has 0 aromatic heterocycles. The molecule has 0 unspecified atom stereocenters. The van der Waals surface area contributed by atoms with Crippen LogP contribution < -0.4 is 10.2 Å². The number of anilines is 1. The van der Waals surface area contributed by atoms with E-state index in [9.17, 15) is 9.18 Å². The smallest absolute Gasteiger partial charge is 0.246 e. The van der Waals surface area contributed by atoms with Crippen LogP contribution in [0, 0.1) is 5.82 Å². The van der Waals surface area contributed by atoms with Crippen molar-refractivity contribution >= 4 is 11.6 Å². The van der Waals surface area contributed by atoms with E-state index in [1.807, 2.05) is 12.1 Å². The molecular formula is C18H25FN2O2. The summed E-state index contributed by atoms with van der Waals surface area (Å²) in [6.07, 6.45) is 6.70. The molecular weight excluding hydrogens is 295 g/mol. The minimum absolute atomic E-state index is 0.00266. The summed E-state index contributed by atoms with van der Waals surface area (Å²) in [6, 6.07) is 6.81. The molecule has 4 nitrogen and oxygen atoms in total. The maximum atomic E-state index is 13.0. The summed E-state index contributed by atoms with van der Waals surface area (Å²) in [5.74, 6) is -0.213. The Morgan fingerprint density at radius 3 is 2.43 bits per heavy atom. The molecule has 126 valence electrons. The number of ether oxygens (including phenoxy) is 1. The number of carbonyl (C=O) groups is 1. The van der Waals surface area contributed by atoms with Crippen LogP contribution in [0.1, 0.15) is 38.5 Å². The predicted octanol–water partition coefficient (Wildman–Crippen LogP) is 2.87. The van der Waals surface area contributed by atoms with Crippen LogP contribution in [0.15, 0.2) is 24.3 Å². The van der Waals surface area contributed by atoms with Crippen LogP contribution in [0.2, 0.25) is 0 Å². The third-order valence-electron chi connectivity index (χ3n) is 4.80. The molecule has 0 spiro atoms. The molecule has 1 aliphatic heterocycles. The summed E-state index contributed by atoms with van der Waals surface area (Å²) >= 11 is 0. The zero-order valence-corrected chi connectivity index (χ0v) is 13.5. The average Bonchev–Trinajstić information content (AvgIpc) is 3.08. The van der Waals surface area contributed by atoms with E-state index in [0.29, 0.717) is 0 Å². The van der Waals surface area contributed by atoms with Crippen LogP contribution in [0.4, 0.5) is 10.1 Å². The lowest BCUT2D eigenvalue weighted by Crippen LogP contribution is -2.45.